The minimum Gasteiger partial charge on any atom is -0.393 e. The summed E-state index contributed by atoms with van der Waals surface area (Å²) in [4.78, 5) is 23.8. The summed E-state index contributed by atoms with van der Waals surface area (Å²) in [5, 5.41) is 0. The summed E-state index contributed by atoms with van der Waals surface area (Å²) in [5.74, 6) is -0.647. The van der Waals surface area contributed by atoms with Crippen molar-refractivity contribution in [2.75, 3.05) is 0 Å². The number of hydrogen-bond acceptors (Lipinski definition) is 3. The van der Waals surface area contributed by atoms with Gasteiger partial charge in [0.15, 0.2) is 0 Å². The molecule has 0 aromatic rings. The first-order chi connectivity index (χ1) is 20.2. The van der Waals surface area contributed by atoms with Crippen molar-refractivity contribution in [3.63, 3.8) is 0 Å². The van der Waals surface area contributed by atoms with Crippen LogP contribution in [0, 0.1) is 0 Å². The first-order valence-electron chi connectivity index (χ1n) is 18.9. The molecule has 3 nitrogen and oxygen atoms in total. The van der Waals surface area contributed by atoms with E-state index < -0.39 is 0 Å². The molecule has 0 aliphatic carbocycles. The first-order valence-corrected chi connectivity index (χ1v) is 18.9. The molecule has 3 heteroatoms. The van der Waals surface area contributed by atoms with Crippen LogP contribution >= 0.6 is 0 Å². The van der Waals surface area contributed by atoms with Gasteiger partial charge in [0.25, 0.3) is 0 Å². The number of hydrogen-bond donors (Lipinski definition) is 0. The van der Waals surface area contributed by atoms with Crippen LogP contribution in [0.15, 0.2) is 0 Å². The highest BCUT2D eigenvalue weighted by molar-refractivity contribution is 5.85. The molecule has 0 saturated heterocycles. The highest BCUT2D eigenvalue weighted by Crippen LogP contribution is 2.15. The van der Waals surface area contributed by atoms with E-state index in [1.807, 2.05) is 13.8 Å². The Hall–Kier alpha value is -0.860. The van der Waals surface area contributed by atoms with E-state index >= 15 is 0 Å². The van der Waals surface area contributed by atoms with Gasteiger partial charge >= 0.3 is 11.9 Å². The second-order valence-corrected chi connectivity index (χ2v) is 12.2. The molecule has 0 bridgehead atoms. The maximum Gasteiger partial charge on any atom is 0.313 e. The third-order valence-electron chi connectivity index (χ3n) is 8.20. The lowest BCUT2D eigenvalue weighted by atomic mass is 10.0. The Labute approximate surface area is 259 Å². The second-order valence-electron chi connectivity index (χ2n) is 12.2. The Bertz CT molecular complexity index is 458. The zero-order chi connectivity index (χ0) is 30.5. The molecule has 246 valence electrons. The lowest BCUT2D eigenvalue weighted by Gasteiger charge is -2.05. The van der Waals surface area contributed by atoms with Gasteiger partial charge < -0.3 is 4.74 Å². The van der Waals surface area contributed by atoms with E-state index in [2.05, 4.69) is 13.8 Å². The lowest BCUT2D eigenvalue weighted by molar-refractivity contribution is -0.159. The van der Waals surface area contributed by atoms with E-state index in [0.717, 1.165) is 25.7 Å². The number of carbonyl (C=O) groups excluding carboxylic acids is 2. The van der Waals surface area contributed by atoms with Gasteiger partial charge in [0.05, 0.1) is 0 Å². The molecule has 0 N–H and O–H groups in total. The molecule has 0 spiro atoms. The van der Waals surface area contributed by atoms with Crippen molar-refractivity contribution in [2.45, 2.75) is 233 Å². The number of carbonyl (C=O) groups is 2. The summed E-state index contributed by atoms with van der Waals surface area (Å²) in [5.41, 5.74) is 0. The smallest absolute Gasteiger partial charge is 0.313 e. The molecule has 0 radical (unpaired) electrons. The van der Waals surface area contributed by atoms with Gasteiger partial charge in [-0.25, -0.2) is 0 Å². The van der Waals surface area contributed by atoms with Gasteiger partial charge in [0.1, 0.15) is 0 Å². The summed E-state index contributed by atoms with van der Waals surface area (Å²) in [6.07, 6.45) is 40.1. The quantitative estimate of drug-likeness (QED) is 0.0451. The molecule has 0 unspecified atom stereocenters. The third kappa shape index (κ3) is 39.1. The molecule has 0 heterocycles. The fraction of sp³-hybridized carbons (Fsp3) is 0.947. The minimum atomic E-state index is -0.323. The predicted molar refractivity (Wildman–Crippen MR) is 182 cm³/mol. The highest BCUT2D eigenvalue weighted by atomic mass is 16.6. The van der Waals surface area contributed by atoms with Crippen LogP contribution in [0.5, 0.6) is 0 Å². The van der Waals surface area contributed by atoms with Crippen molar-refractivity contribution in [1.29, 1.82) is 0 Å². The zero-order valence-electron chi connectivity index (χ0n) is 28.9. The number of rotatable bonds is 32. The monoisotopic (exact) mass is 581 g/mol. The van der Waals surface area contributed by atoms with Gasteiger partial charge in [-0.3, -0.25) is 9.59 Å². The van der Waals surface area contributed by atoms with Crippen molar-refractivity contribution in [3.05, 3.63) is 0 Å². The third-order valence-corrected chi connectivity index (χ3v) is 8.20. The van der Waals surface area contributed by atoms with Crippen molar-refractivity contribution < 1.29 is 14.3 Å². The van der Waals surface area contributed by atoms with E-state index in [9.17, 15) is 9.59 Å². The zero-order valence-corrected chi connectivity index (χ0v) is 28.9. The normalized spacial score (nSPS) is 10.8. The molecular formula is C38H76O3. The summed E-state index contributed by atoms with van der Waals surface area (Å²) in [7, 11) is 0. The van der Waals surface area contributed by atoms with E-state index in [4.69, 9.17) is 4.74 Å². The highest BCUT2D eigenvalue weighted by Gasteiger charge is 2.10. The average molecular weight is 581 g/mol. The molecule has 0 aromatic carbocycles. The van der Waals surface area contributed by atoms with Crippen LogP contribution in [0.4, 0.5) is 0 Å². The summed E-state index contributed by atoms with van der Waals surface area (Å²) < 4.78 is 5.01. The molecular weight excluding hydrogens is 504 g/mol. The van der Waals surface area contributed by atoms with Gasteiger partial charge in [-0.15, -0.1) is 0 Å². The fourth-order valence-corrected chi connectivity index (χ4v) is 5.51. The van der Waals surface area contributed by atoms with Crippen LogP contribution in [0.3, 0.4) is 0 Å². The molecule has 0 fully saturated rings. The van der Waals surface area contributed by atoms with E-state index in [1.165, 1.54) is 167 Å². The van der Waals surface area contributed by atoms with Crippen molar-refractivity contribution in [3.8, 4) is 0 Å². The Morgan fingerprint density at radius 3 is 0.683 bits per heavy atom. The standard InChI is InChI=1S/C36H70O3.C2H6/c1-3-5-7-9-11-13-15-17-19-21-23-25-27-29-31-33-35(37)39-36(38)34-32-30-28-26-24-22-20-18-16-14-12-10-8-6-4-2;1-2/h3-34H2,1-2H3;1-2H3. The Balaban J connectivity index is 0. The van der Waals surface area contributed by atoms with Gasteiger partial charge in [-0.1, -0.05) is 207 Å². The molecule has 0 rings (SSSR count). The number of unbranched alkanes of at least 4 members (excludes halogenated alkanes) is 28. The Morgan fingerprint density at radius 1 is 0.317 bits per heavy atom. The van der Waals surface area contributed by atoms with E-state index in [-0.39, 0.29) is 11.9 Å². The van der Waals surface area contributed by atoms with Crippen LogP contribution in [-0.4, -0.2) is 11.9 Å². The topological polar surface area (TPSA) is 43.4 Å². The van der Waals surface area contributed by atoms with Crippen LogP contribution in [0.25, 0.3) is 0 Å². The Kier molecular flexibility index (Phi) is 40.4. The van der Waals surface area contributed by atoms with E-state index in [1.54, 1.807) is 0 Å². The predicted octanol–water partition coefficient (Wildman–Crippen LogP) is 13.6. The lowest BCUT2D eigenvalue weighted by Crippen LogP contribution is -2.11. The van der Waals surface area contributed by atoms with Crippen LogP contribution in [-0.2, 0) is 14.3 Å². The van der Waals surface area contributed by atoms with Crippen molar-refractivity contribution >= 4 is 11.9 Å². The van der Waals surface area contributed by atoms with Crippen LogP contribution < -0.4 is 0 Å². The van der Waals surface area contributed by atoms with Gasteiger partial charge in [0.2, 0.25) is 0 Å². The summed E-state index contributed by atoms with van der Waals surface area (Å²) in [6.45, 7) is 8.55. The molecule has 0 aliphatic rings. The van der Waals surface area contributed by atoms with Gasteiger partial charge in [0, 0.05) is 12.8 Å². The molecule has 0 aromatic heterocycles. The van der Waals surface area contributed by atoms with Crippen molar-refractivity contribution in [2.24, 2.45) is 0 Å². The van der Waals surface area contributed by atoms with E-state index in [0.29, 0.717) is 12.8 Å². The summed E-state index contributed by atoms with van der Waals surface area (Å²) in [6, 6.07) is 0. The van der Waals surface area contributed by atoms with Gasteiger partial charge in [-0.05, 0) is 12.8 Å². The first kappa shape index (κ1) is 42.3. The SMILES string of the molecule is CC.CCCCCCCCCCCCCCCCCC(=O)OC(=O)CCCCCCCCCCCCCCCCC. The van der Waals surface area contributed by atoms with Gasteiger partial charge in [-0.2, -0.15) is 0 Å². The molecule has 41 heavy (non-hydrogen) atoms. The number of ether oxygens (including phenoxy) is 1. The molecule has 0 saturated carbocycles. The van der Waals surface area contributed by atoms with Crippen LogP contribution in [0.2, 0.25) is 0 Å². The maximum absolute atomic E-state index is 11.9. The minimum absolute atomic E-state index is 0.323. The molecule has 0 amide bonds. The molecule has 0 aliphatic heterocycles. The second kappa shape index (κ2) is 39.1. The molecule has 0 atom stereocenters. The largest absolute Gasteiger partial charge is 0.393 e. The van der Waals surface area contributed by atoms with Crippen molar-refractivity contribution in [1.82, 2.24) is 0 Å². The maximum atomic E-state index is 11.9. The van der Waals surface area contributed by atoms with Crippen LogP contribution in [0.1, 0.15) is 233 Å². The fourth-order valence-electron chi connectivity index (χ4n) is 5.51. The average Bonchev–Trinajstić information content (AvgIpc) is 2.98. The number of esters is 2. The summed E-state index contributed by atoms with van der Waals surface area (Å²) >= 11 is 0. The Morgan fingerprint density at radius 2 is 0.488 bits per heavy atom.